The van der Waals surface area contributed by atoms with E-state index in [1.807, 2.05) is 0 Å². The molecule has 2 rings (SSSR count). The molecule has 2 nitrogen and oxygen atoms in total. The van der Waals surface area contributed by atoms with Crippen molar-refractivity contribution in [3.05, 3.63) is 44.9 Å². The van der Waals surface area contributed by atoms with Crippen LogP contribution in [-0.4, -0.2) is 9.97 Å². The number of hydrogen-bond acceptors (Lipinski definition) is 2. The molecule has 0 N–H and O–H groups in total. The Balaban J connectivity index is 2.57. The molecule has 0 saturated carbocycles. The van der Waals surface area contributed by atoms with E-state index in [2.05, 4.69) is 9.97 Å². The third-order valence-electron chi connectivity index (χ3n) is 2.15. The van der Waals surface area contributed by atoms with Crippen molar-refractivity contribution >= 4 is 34.8 Å². The van der Waals surface area contributed by atoms with E-state index in [-0.39, 0.29) is 10.8 Å². The molecular weight excluding hydrogens is 285 g/mol. The van der Waals surface area contributed by atoms with Crippen molar-refractivity contribution in [2.45, 2.75) is 6.92 Å². The Hall–Kier alpha value is -0.900. The Labute approximate surface area is 112 Å². The minimum atomic E-state index is -0.615. The Morgan fingerprint density at radius 1 is 1.06 bits per heavy atom. The van der Waals surface area contributed by atoms with Crippen LogP contribution in [0.4, 0.5) is 4.39 Å². The molecule has 0 amide bonds. The van der Waals surface area contributed by atoms with Crippen molar-refractivity contribution in [2.75, 3.05) is 0 Å². The maximum Gasteiger partial charge on any atom is 0.181 e. The molecule has 1 aromatic carbocycles. The van der Waals surface area contributed by atoms with Gasteiger partial charge in [0.05, 0.1) is 15.7 Å². The number of aryl methyl sites for hydroxylation is 1. The fourth-order valence-corrected chi connectivity index (χ4v) is 1.80. The molecule has 17 heavy (non-hydrogen) atoms. The van der Waals surface area contributed by atoms with Crippen molar-refractivity contribution in [1.29, 1.82) is 0 Å². The Morgan fingerprint density at radius 3 is 2.35 bits per heavy atom. The van der Waals surface area contributed by atoms with Gasteiger partial charge in [-0.3, -0.25) is 0 Å². The second kappa shape index (κ2) is 4.77. The van der Waals surface area contributed by atoms with E-state index in [0.29, 0.717) is 21.4 Å². The van der Waals surface area contributed by atoms with E-state index >= 15 is 0 Å². The summed E-state index contributed by atoms with van der Waals surface area (Å²) < 4.78 is 13.3. The summed E-state index contributed by atoms with van der Waals surface area (Å²) in [7, 11) is 0. The average molecular weight is 292 g/mol. The van der Waals surface area contributed by atoms with Gasteiger partial charge in [-0.05, 0) is 25.1 Å². The summed E-state index contributed by atoms with van der Waals surface area (Å²) in [6, 6.07) is 4.92. The first kappa shape index (κ1) is 12.6. The van der Waals surface area contributed by atoms with Gasteiger partial charge in [-0.2, -0.15) is 0 Å². The van der Waals surface area contributed by atoms with Crippen LogP contribution in [0.25, 0.3) is 11.4 Å². The minimum absolute atomic E-state index is 0.186. The molecule has 1 heterocycles. The lowest BCUT2D eigenvalue weighted by Crippen LogP contribution is -1.97. The van der Waals surface area contributed by atoms with Gasteiger partial charge in [-0.15, -0.1) is 0 Å². The van der Waals surface area contributed by atoms with Gasteiger partial charge in [0.1, 0.15) is 0 Å². The summed E-state index contributed by atoms with van der Waals surface area (Å²) in [6.45, 7) is 1.52. The predicted molar refractivity (Wildman–Crippen MR) is 67.2 cm³/mol. The first-order chi connectivity index (χ1) is 7.99. The van der Waals surface area contributed by atoms with Crippen LogP contribution in [0.3, 0.4) is 0 Å². The van der Waals surface area contributed by atoms with E-state index in [9.17, 15) is 4.39 Å². The van der Waals surface area contributed by atoms with Gasteiger partial charge in [0.25, 0.3) is 0 Å². The molecule has 0 atom stereocenters. The molecule has 0 saturated heterocycles. The van der Waals surface area contributed by atoms with Crippen LogP contribution in [0.1, 0.15) is 5.69 Å². The molecule has 0 aliphatic carbocycles. The number of hydrogen-bond donors (Lipinski definition) is 0. The summed E-state index contributed by atoms with van der Waals surface area (Å²) in [5, 5.41) is 0.602. The maximum atomic E-state index is 13.3. The zero-order chi connectivity index (χ0) is 12.6. The van der Waals surface area contributed by atoms with Crippen molar-refractivity contribution in [3.8, 4) is 11.4 Å². The van der Waals surface area contributed by atoms with Gasteiger partial charge in [-0.25, -0.2) is 14.4 Å². The van der Waals surface area contributed by atoms with Gasteiger partial charge in [0.2, 0.25) is 0 Å². The maximum absolute atomic E-state index is 13.3. The van der Waals surface area contributed by atoms with Crippen LogP contribution >= 0.6 is 34.8 Å². The molecule has 6 heteroatoms. The molecule has 0 aliphatic rings. The fourth-order valence-electron chi connectivity index (χ4n) is 1.29. The predicted octanol–water partition coefficient (Wildman–Crippen LogP) is 4.55. The molecule has 0 radical (unpaired) electrons. The third-order valence-corrected chi connectivity index (χ3v) is 3.14. The van der Waals surface area contributed by atoms with Gasteiger partial charge >= 0.3 is 0 Å². The summed E-state index contributed by atoms with van der Waals surface area (Å²) in [6.07, 6.45) is 0. The zero-order valence-corrected chi connectivity index (χ0v) is 10.9. The second-order valence-corrected chi connectivity index (χ2v) is 4.54. The van der Waals surface area contributed by atoms with E-state index in [4.69, 9.17) is 34.8 Å². The molecule has 0 aliphatic heterocycles. The van der Waals surface area contributed by atoms with Crippen molar-refractivity contribution in [1.82, 2.24) is 9.97 Å². The largest absolute Gasteiger partial charge is 0.230 e. The molecule has 0 spiro atoms. The van der Waals surface area contributed by atoms with Crippen molar-refractivity contribution in [3.63, 3.8) is 0 Å². The summed E-state index contributed by atoms with van der Waals surface area (Å²) in [5.74, 6) is -0.303. The van der Waals surface area contributed by atoms with Gasteiger partial charge in [0.15, 0.2) is 16.8 Å². The summed E-state index contributed by atoms with van der Waals surface area (Å²) in [5.41, 5.74) is 0.815. The fraction of sp³-hybridized carbons (Fsp3) is 0.0909. The number of benzene rings is 1. The van der Waals surface area contributed by atoms with Gasteiger partial charge < -0.3 is 0 Å². The molecule has 1 aromatic heterocycles. The van der Waals surface area contributed by atoms with Gasteiger partial charge in [0, 0.05) is 5.56 Å². The molecular formula is C11H6Cl3FN2. The third kappa shape index (κ3) is 2.51. The minimum Gasteiger partial charge on any atom is -0.230 e. The number of halogens is 4. The number of rotatable bonds is 1. The average Bonchev–Trinajstić information content (AvgIpc) is 2.29. The lowest BCUT2D eigenvalue weighted by molar-refractivity contribution is 0.603. The van der Waals surface area contributed by atoms with Crippen LogP contribution in [0, 0.1) is 12.7 Å². The highest BCUT2D eigenvalue weighted by atomic mass is 35.5. The van der Waals surface area contributed by atoms with Crippen LogP contribution in [0.5, 0.6) is 0 Å². The second-order valence-electron chi connectivity index (χ2n) is 3.37. The van der Waals surface area contributed by atoms with E-state index in [0.717, 1.165) is 0 Å². The molecule has 0 unspecified atom stereocenters. The number of nitrogens with zero attached hydrogens (tertiary/aromatic N) is 2. The Bertz CT molecular complexity index is 564. The normalized spacial score (nSPS) is 10.6. The highest BCUT2D eigenvalue weighted by Crippen LogP contribution is 2.28. The molecule has 2 aromatic rings. The summed E-state index contributed by atoms with van der Waals surface area (Å²) in [4.78, 5) is 7.85. The monoisotopic (exact) mass is 290 g/mol. The smallest absolute Gasteiger partial charge is 0.181 e. The lowest BCUT2D eigenvalue weighted by atomic mass is 10.2. The van der Waals surface area contributed by atoms with Crippen LogP contribution in [0.2, 0.25) is 15.2 Å². The highest BCUT2D eigenvalue weighted by molar-refractivity contribution is 6.42. The SMILES string of the molecule is Cc1nc(-c2ccc(Cl)c(Cl)c2)nc(Cl)c1F. The van der Waals surface area contributed by atoms with E-state index in [1.54, 1.807) is 18.2 Å². The summed E-state index contributed by atoms with van der Waals surface area (Å²) >= 11 is 17.3. The van der Waals surface area contributed by atoms with Crippen LogP contribution in [0.15, 0.2) is 18.2 Å². The number of aromatic nitrogens is 2. The first-order valence-corrected chi connectivity index (χ1v) is 5.77. The molecule has 0 bridgehead atoms. The highest BCUT2D eigenvalue weighted by Gasteiger charge is 2.11. The quantitative estimate of drug-likeness (QED) is 0.720. The van der Waals surface area contributed by atoms with E-state index in [1.165, 1.54) is 6.92 Å². The Kier molecular flexibility index (Phi) is 3.52. The van der Waals surface area contributed by atoms with Crippen molar-refractivity contribution in [2.24, 2.45) is 0 Å². The van der Waals surface area contributed by atoms with E-state index < -0.39 is 5.82 Å². The first-order valence-electron chi connectivity index (χ1n) is 4.64. The van der Waals surface area contributed by atoms with Crippen LogP contribution in [-0.2, 0) is 0 Å². The van der Waals surface area contributed by atoms with Gasteiger partial charge in [-0.1, -0.05) is 34.8 Å². The topological polar surface area (TPSA) is 25.8 Å². The van der Waals surface area contributed by atoms with Crippen LogP contribution < -0.4 is 0 Å². The Morgan fingerprint density at radius 2 is 1.76 bits per heavy atom. The standard InChI is InChI=1S/C11H6Cl3FN2/c1-5-9(15)10(14)17-11(16-5)6-2-3-7(12)8(13)4-6/h2-4H,1H3. The zero-order valence-electron chi connectivity index (χ0n) is 8.64. The van der Waals surface area contributed by atoms with Crippen molar-refractivity contribution < 1.29 is 4.39 Å². The molecule has 0 fully saturated rings. The lowest BCUT2D eigenvalue weighted by Gasteiger charge is -2.05. The molecule has 88 valence electrons.